The van der Waals surface area contributed by atoms with Crippen molar-refractivity contribution in [3.8, 4) is 0 Å². The number of anilines is 1. The standard InChI is InChI=1S/C25H42N5O9P/c1-6-8-13-37-23(32)16(3)28-40(35,29-17(4)24(33)38-14-9-7-2)15-11-18-20(31)21(36-5)22(39-18)30-12-10-19(26)27-25(30)34/h10-12,15-18,20-22,31H,6-9,13-14H2,1-5H3,(H2,26,27,34)(H2,28,29,35)/b15-11+/t16-,17-,18+,20+,21+,22+/m0/s1. The van der Waals surface area contributed by atoms with Crippen molar-refractivity contribution in [3.63, 3.8) is 0 Å². The van der Waals surface area contributed by atoms with Gasteiger partial charge in [0.2, 0.25) is 7.44 Å². The van der Waals surface area contributed by atoms with Crippen LogP contribution in [0.1, 0.15) is 59.6 Å². The zero-order valence-corrected chi connectivity index (χ0v) is 24.5. The highest BCUT2D eigenvalue weighted by Crippen LogP contribution is 2.41. The average molecular weight is 588 g/mol. The molecule has 0 radical (unpaired) electrons. The fraction of sp³-hybridized carbons (Fsp3) is 0.680. The van der Waals surface area contributed by atoms with Crippen LogP contribution in [0, 0.1) is 0 Å². The van der Waals surface area contributed by atoms with Crippen LogP contribution >= 0.6 is 7.44 Å². The lowest BCUT2D eigenvalue weighted by molar-refractivity contribution is -0.145. The van der Waals surface area contributed by atoms with E-state index in [4.69, 9.17) is 24.7 Å². The summed E-state index contributed by atoms with van der Waals surface area (Å²) in [4.78, 5) is 41.0. The van der Waals surface area contributed by atoms with Gasteiger partial charge in [0.15, 0.2) is 6.23 Å². The van der Waals surface area contributed by atoms with E-state index in [1.807, 2.05) is 13.8 Å². The van der Waals surface area contributed by atoms with Crippen LogP contribution in [0.25, 0.3) is 0 Å². The molecule has 1 aliphatic rings. The molecule has 0 amide bonds. The summed E-state index contributed by atoms with van der Waals surface area (Å²) in [5.41, 5.74) is 4.86. The predicted molar refractivity (Wildman–Crippen MR) is 147 cm³/mol. The van der Waals surface area contributed by atoms with Gasteiger partial charge in [0.05, 0.1) is 13.2 Å². The second-order valence-electron chi connectivity index (χ2n) is 9.47. The fourth-order valence-corrected chi connectivity index (χ4v) is 5.85. The molecule has 0 bridgehead atoms. The van der Waals surface area contributed by atoms with Crippen LogP contribution in [0.3, 0.4) is 0 Å². The van der Waals surface area contributed by atoms with E-state index in [2.05, 4.69) is 15.2 Å². The molecule has 2 rings (SSSR count). The number of nitrogens with two attached hydrogens (primary N) is 1. The molecule has 226 valence electrons. The molecule has 5 N–H and O–H groups in total. The lowest BCUT2D eigenvalue weighted by Crippen LogP contribution is -2.41. The zero-order valence-electron chi connectivity index (χ0n) is 23.6. The minimum absolute atomic E-state index is 0.0213. The number of ether oxygens (including phenoxy) is 4. The molecule has 1 aliphatic heterocycles. The summed E-state index contributed by atoms with van der Waals surface area (Å²) in [7, 11) is -2.50. The number of nitrogens with one attached hydrogen (secondary N) is 2. The van der Waals surface area contributed by atoms with Gasteiger partial charge in [-0.15, -0.1) is 0 Å². The Morgan fingerprint density at radius 2 is 1.73 bits per heavy atom. The van der Waals surface area contributed by atoms with Gasteiger partial charge in [0.25, 0.3) is 0 Å². The van der Waals surface area contributed by atoms with Crippen LogP contribution in [0.5, 0.6) is 0 Å². The number of esters is 2. The highest BCUT2D eigenvalue weighted by molar-refractivity contribution is 7.63. The SMILES string of the molecule is CCCCOC(=O)[C@H](C)NP(=O)(/C=C/[C@H]1O[C@@H](n2ccc(N)nc2=O)[C@H](OC)[C@@H]1O)N[C@@H](C)C(=O)OCCCC. The first kappa shape index (κ1) is 33.6. The maximum absolute atomic E-state index is 14.0. The number of aliphatic hydroxyl groups excluding tert-OH is 1. The van der Waals surface area contributed by atoms with Crippen LogP contribution in [-0.4, -0.2) is 77.3 Å². The summed E-state index contributed by atoms with van der Waals surface area (Å²) in [5.74, 6) is -0.0121. The lowest BCUT2D eigenvalue weighted by Gasteiger charge is -2.24. The van der Waals surface area contributed by atoms with Gasteiger partial charge in [0, 0.05) is 19.1 Å². The number of nitrogen functional groups attached to an aromatic ring is 1. The smallest absolute Gasteiger partial charge is 0.351 e. The van der Waals surface area contributed by atoms with E-state index in [-0.39, 0.29) is 19.0 Å². The summed E-state index contributed by atoms with van der Waals surface area (Å²) >= 11 is 0. The highest BCUT2D eigenvalue weighted by Gasteiger charge is 2.45. The number of aromatic nitrogens is 2. The van der Waals surface area contributed by atoms with Crippen molar-refractivity contribution >= 4 is 25.2 Å². The van der Waals surface area contributed by atoms with Gasteiger partial charge < -0.3 is 29.8 Å². The summed E-state index contributed by atoms with van der Waals surface area (Å²) in [6.45, 7) is 7.32. The van der Waals surface area contributed by atoms with Crippen LogP contribution in [0.4, 0.5) is 5.82 Å². The maximum atomic E-state index is 14.0. The number of unbranched alkanes of at least 4 members (excludes halogenated alkanes) is 2. The second kappa shape index (κ2) is 16.0. The molecule has 0 aromatic carbocycles. The van der Waals surface area contributed by atoms with Gasteiger partial charge >= 0.3 is 17.6 Å². The largest absolute Gasteiger partial charge is 0.465 e. The zero-order chi connectivity index (χ0) is 29.9. The maximum Gasteiger partial charge on any atom is 0.351 e. The monoisotopic (exact) mass is 587 g/mol. The molecular weight excluding hydrogens is 545 g/mol. The molecule has 1 aromatic heterocycles. The van der Waals surface area contributed by atoms with Crippen molar-refractivity contribution in [1.29, 1.82) is 0 Å². The number of nitrogens with zero attached hydrogens (tertiary/aromatic N) is 2. The van der Waals surface area contributed by atoms with Crippen molar-refractivity contribution in [3.05, 3.63) is 34.6 Å². The normalized spacial score (nSPS) is 22.8. The molecule has 14 nitrogen and oxygen atoms in total. The Morgan fingerprint density at radius 1 is 1.18 bits per heavy atom. The molecule has 15 heteroatoms. The van der Waals surface area contributed by atoms with Crippen LogP contribution in [-0.2, 0) is 33.1 Å². The van der Waals surface area contributed by atoms with E-state index in [1.54, 1.807) is 0 Å². The molecule has 0 spiro atoms. The molecule has 0 saturated carbocycles. The molecule has 0 unspecified atom stereocenters. The Hall–Kier alpha value is -2.61. The van der Waals surface area contributed by atoms with E-state index < -0.39 is 61.7 Å². The summed E-state index contributed by atoms with van der Waals surface area (Å²) in [6.07, 6.45) is 1.34. The lowest BCUT2D eigenvalue weighted by atomic mass is 10.1. The Labute approximate surface area is 234 Å². The van der Waals surface area contributed by atoms with Gasteiger partial charge in [-0.1, -0.05) is 26.7 Å². The van der Waals surface area contributed by atoms with Crippen molar-refractivity contribution in [2.75, 3.05) is 26.1 Å². The number of carbonyl (C=O) groups is 2. The van der Waals surface area contributed by atoms with Crippen molar-refractivity contribution in [2.45, 2.75) is 90.0 Å². The first-order valence-corrected chi connectivity index (χ1v) is 15.1. The third-order valence-electron chi connectivity index (χ3n) is 6.10. The van der Waals surface area contributed by atoms with Gasteiger partial charge in [-0.2, -0.15) is 4.98 Å². The molecule has 2 heterocycles. The van der Waals surface area contributed by atoms with Crippen molar-refractivity contribution < 1.29 is 38.2 Å². The van der Waals surface area contributed by atoms with E-state index in [0.29, 0.717) is 12.8 Å². The molecule has 0 aliphatic carbocycles. The van der Waals surface area contributed by atoms with E-state index in [9.17, 15) is 24.1 Å². The number of aliphatic hydroxyl groups is 1. The minimum Gasteiger partial charge on any atom is -0.465 e. The third kappa shape index (κ3) is 9.50. The molecule has 1 saturated heterocycles. The summed E-state index contributed by atoms with van der Waals surface area (Å²) in [6, 6.07) is -0.607. The molecule has 40 heavy (non-hydrogen) atoms. The number of hydrogen-bond acceptors (Lipinski definition) is 11. The van der Waals surface area contributed by atoms with E-state index in [1.165, 1.54) is 45.1 Å². The van der Waals surface area contributed by atoms with Gasteiger partial charge in [-0.25, -0.2) is 15.0 Å². The van der Waals surface area contributed by atoms with Crippen LogP contribution in [0.15, 0.2) is 29.0 Å². The van der Waals surface area contributed by atoms with Crippen molar-refractivity contribution in [2.24, 2.45) is 0 Å². The van der Waals surface area contributed by atoms with Crippen LogP contribution in [0.2, 0.25) is 0 Å². The minimum atomic E-state index is -3.84. The average Bonchev–Trinajstić information content (AvgIpc) is 3.22. The molecule has 6 atom stereocenters. The van der Waals surface area contributed by atoms with E-state index >= 15 is 0 Å². The van der Waals surface area contributed by atoms with Crippen molar-refractivity contribution in [1.82, 2.24) is 19.7 Å². The predicted octanol–water partition coefficient (Wildman–Crippen LogP) is 1.45. The summed E-state index contributed by atoms with van der Waals surface area (Å²) < 4.78 is 36.8. The Kier molecular flexibility index (Phi) is 13.4. The number of hydrogen-bond donors (Lipinski definition) is 4. The number of rotatable bonds is 16. The molecule has 1 aromatic rings. The Balaban J connectivity index is 2.27. The fourth-order valence-electron chi connectivity index (χ4n) is 3.83. The first-order valence-electron chi connectivity index (χ1n) is 13.3. The second-order valence-corrected chi connectivity index (χ2v) is 11.6. The third-order valence-corrected chi connectivity index (χ3v) is 8.23. The Bertz CT molecular complexity index is 1080. The number of carbonyl (C=O) groups excluding carboxylic acids is 2. The molecule has 1 fully saturated rings. The first-order chi connectivity index (χ1) is 19.0. The van der Waals surface area contributed by atoms with Crippen LogP contribution < -0.4 is 21.6 Å². The Morgan fingerprint density at radius 3 is 2.20 bits per heavy atom. The van der Waals surface area contributed by atoms with E-state index in [0.717, 1.165) is 17.4 Å². The van der Waals surface area contributed by atoms with Gasteiger partial charge in [-0.05, 0) is 38.8 Å². The van der Waals surface area contributed by atoms with Gasteiger partial charge in [0.1, 0.15) is 36.2 Å². The van der Waals surface area contributed by atoms with Gasteiger partial charge in [-0.3, -0.25) is 18.7 Å². The topological polar surface area (TPSA) is 193 Å². The highest BCUT2D eigenvalue weighted by atomic mass is 31.2. The summed E-state index contributed by atoms with van der Waals surface area (Å²) in [5, 5.41) is 16.3. The quantitative estimate of drug-likeness (QED) is 0.123. The molecular formula is C25H42N5O9P. The number of methoxy groups -OCH3 is 1.